The maximum atomic E-state index is 13.7. The van der Waals surface area contributed by atoms with Crippen LogP contribution in [-0.4, -0.2) is 0 Å². The lowest BCUT2D eigenvalue weighted by Crippen LogP contribution is -2.03. The van der Waals surface area contributed by atoms with Crippen LogP contribution >= 0.6 is 39.1 Å². The number of aryl methyl sites for hydroxylation is 1. The van der Waals surface area contributed by atoms with Crippen molar-refractivity contribution in [2.24, 2.45) is 0 Å². The molecule has 2 rings (SSSR count). The van der Waals surface area contributed by atoms with Crippen molar-refractivity contribution in [1.29, 1.82) is 0 Å². The minimum Gasteiger partial charge on any atom is -0.488 e. The minimum absolute atomic E-state index is 0.0673. The average molecular weight is 378 g/mol. The predicted octanol–water partition coefficient (Wildman–Crippen LogP) is 5.87. The van der Waals surface area contributed by atoms with Crippen molar-refractivity contribution in [2.45, 2.75) is 19.4 Å². The molecule has 5 heteroatoms. The highest BCUT2D eigenvalue weighted by atomic mass is 79.9. The molecule has 0 aliphatic rings. The summed E-state index contributed by atoms with van der Waals surface area (Å²) in [5.74, 6) is 0.614. The molecule has 0 aliphatic carbocycles. The number of hydrogen-bond acceptors (Lipinski definition) is 1. The number of rotatable bonds is 4. The lowest BCUT2D eigenvalue weighted by molar-refractivity contribution is 0.295. The predicted molar refractivity (Wildman–Crippen MR) is 84.2 cm³/mol. The van der Waals surface area contributed by atoms with Gasteiger partial charge in [0.1, 0.15) is 18.2 Å². The first kappa shape index (κ1) is 15.6. The molecule has 0 saturated heterocycles. The molecule has 0 spiro atoms. The van der Waals surface area contributed by atoms with Crippen LogP contribution in [0.3, 0.4) is 0 Å². The van der Waals surface area contributed by atoms with E-state index in [9.17, 15) is 4.39 Å². The first-order valence-corrected chi connectivity index (χ1v) is 7.64. The van der Waals surface area contributed by atoms with E-state index in [0.717, 1.165) is 15.6 Å². The summed E-state index contributed by atoms with van der Waals surface area (Å²) in [4.78, 5) is 0. The molecule has 0 aromatic heterocycles. The van der Waals surface area contributed by atoms with Gasteiger partial charge >= 0.3 is 0 Å². The molecule has 0 unspecified atom stereocenters. The zero-order chi connectivity index (χ0) is 14.7. The SMILES string of the molecule is Cc1cc(Br)cc(CCl)c1OCc1c(F)cccc1Cl. The number of hydrogen-bond donors (Lipinski definition) is 0. The fourth-order valence-electron chi connectivity index (χ4n) is 1.92. The van der Waals surface area contributed by atoms with Gasteiger partial charge in [-0.1, -0.05) is 33.6 Å². The molecule has 0 heterocycles. The first-order chi connectivity index (χ1) is 9.52. The standard InChI is InChI=1S/C15H12BrCl2FO/c1-9-5-11(16)6-10(7-17)15(9)20-8-12-13(18)3-2-4-14(12)19/h2-6H,7-8H2,1H3. The van der Waals surface area contributed by atoms with E-state index < -0.39 is 0 Å². The van der Waals surface area contributed by atoms with Crippen molar-refractivity contribution < 1.29 is 9.13 Å². The number of ether oxygens (including phenoxy) is 1. The van der Waals surface area contributed by atoms with Crippen molar-refractivity contribution in [1.82, 2.24) is 0 Å². The summed E-state index contributed by atoms with van der Waals surface area (Å²) < 4.78 is 20.4. The summed E-state index contributed by atoms with van der Waals surface area (Å²) in [6, 6.07) is 8.38. The average Bonchev–Trinajstić information content (AvgIpc) is 2.39. The molecular weight excluding hydrogens is 366 g/mol. The Kier molecular flexibility index (Phi) is 5.30. The Bertz CT molecular complexity index is 611. The van der Waals surface area contributed by atoms with Crippen LogP contribution in [0.1, 0.15) is 16.7 Å². The topological polar surface area (TPSA) is 9.23 Å². The zero-order valence-electron chi connectivity index (χ0n) is 10.7. The normalized spacial score (nSPS) is 10.7. The highest BCUT2D eigenvalue weighted by Crippen LogP contribution is 2.31. The molecule has 0 radical (unpaired) electrons. The van der Waals surface area contributed by atoms with Crippen molar-refractivity contribution >= 4 is 39.1 Å². The van der Waals surface area contributed by atoms with Gasteiger partial charge in [0.15, 0.2) is 0 Å². The lowest BCUT2D eigenvalue weighted by Gasteiger charge is -2.14. The van der Waals surface area contributed by atoms with E-state index in [0.29, 0.717) is 22.2 Å². The van der Waals surface area contributed by atoms with Crippen molar-refractivity contribution in [3.05, 3.63) is 62.3 Å². The molecule has 1 nitrogen and oxygen atoms in total. The van der Waals surface area contributed by atoms with Crippen LogP contribution in [0.2, 0.25) is 5.02 Å². The molecule has 0 aliphatic heterocycles. The first-order valence-electron chi connectivity index (χ1n) is 5.93. The summed E-state index contributed by atoms with van der Waals surface area (Å²) in [5.41, 5.74) is 2.13. The van der Waals surface area contributed by atoms with Crippen LogP contribution in [0.5, 0.6) is 5.75 Å². The Morgan fingerprint density at radius 2 is 2.05 bits per heavy atom. The van der Waals surface area contributed by atoms with Crippen LogP contribution in [-0.2, 0) is 12.5 Å². The van der Waals surface area contributed by atoms with Gasteiger partial charge in [-0.25, -0.2) is 4.39 Å². The van der Waals surface area contributed by atoms with E-state index in [4.69, 9.17) is 27.9 Å². The molecule has 0 bridgehead atoms. The van der Waals surface area contributed by atoms with E-state index in [1.807, 2.05) is 19.1 Å². The number of alkyl halides is 1. The second-order valence-corrected chi connectivity index (χ2v) is 5.92. The van der Waals surface area contributed by atoms with Gasteiger partial charge in [-0.15, -0.1) is 11.6 Å². The Hall–Kier alpha value is -0.770. The van der Waals surface area contributed by atoms with E-state index >= 15 is 0 Å². The van der Waals surface area contributed by atoms with Crippen LogP contribution < -0.4 is 4.74 Å². The zero-order valence-corrected chi connectivity index (χ0v) is 13.8. The fraction of sp³-hybridized carbons (Fsp3) is 0.200. The van der Waals surface area contributed by atoms with E-state index in [-0.39, 0.29) is 12.4 Å². The molecule has 20 heavy (non-hydrogen) atoms. The van der Waals surface area contributed by atoms with Gasteiger partial charge in [0.05, 0.1) is 10.9 Å². The minimum atomic E-state index is -0.375. The Labute approximate surface area is 135 Å². The van der Waals surface area contributed by atoms with Gasteiger partial charge in [-0.2, -0.15) is 0 Å². The van der Waals surface area contributed by atoms with E-state index in [2.05, 4.69) is 15.9 Å². The molecule has 0 amide bonds. The molecule has 2 aromatic rings. The summed E-state index contributed by atoms with van der Waals surface area (Å²) in [7, 11) is 0. The van der Waals surface area contributed by atoms with Crippen LogP contribution in [0.4, 0.5) is 4.39 Å². The third kappa shape index (κ3) is 3.46. The summed E-state index contributed by atoms with van der Waals surface area (Å²) in [6.45, 7) is 1.98. The lowest BCUT2D eigenvalue weighted by atomic mass is 10.1. The van der Waals surface area contributed by atoms with Crippen molar-refractivity contribution in [2.75, 3.05) is 0 Å². The molecule has 2 aromatic carbocycles. The fourth-order valence-corrected chi connectivity index (χ4v) is 2.96. The van der Waals surface area contributed by atoms with Gasteiger partial charge in [0.25, 0.3) is 0 Å². The van der Waals surface area contributed by atoms with Crippen molar-refractivity contribution in [3.63, 3.8) is 0 Å². The van der Waals surface area contributed by atoms with Crippen LogP contribution in [0.25, 0.3) is 0 Å². The maximum Gasteiger partial charge on any atom is 0.131 e. The van der Waals surface area contributed by atoms with Gasteiger partial charge in [-0.3, -0.25) is 0 Å². The van der Waals surface area contributed by atoms with Crippen LogP contribution in [0, 0.1) is 12.7 Å². The summed E-state index contributed by atoms with van der Waals surface area (Å²) in [6.07, 6.45) is 0. The quantitative estimate of drug-likeness (QED) is 0.605. The highest BCUT2D eigenvalue weighted by Gasteiger charge is 2.12. The second-order valence-electron chi connectivity index (χ2n) is 4.33. The van der Waals surface area contributed by atoms with E-state index in [1.54, 1.807) is 12.1 Å². The molecule has 0 saturated carbocycles. The number of benzene rings is 2. The van der Waals surface area contributed by atoms with Gasteiger partial charge in [0.2, 0.25) is 0 Å². The Balaban J connectivity index is 2.27. The van der Waals surface area contributed by atoms with Gasteiger partial charge in [-0.05, 0) is 36.8 Å². The highest BCUT2D eigenvalue weighted by molar-refractivity contribution is 9.10. The van der Waals surface area contributed by atoms with Crippen molar-refractivity contribution in [3.8, 4) is 5.75 Å². The van der Waals surface area contributed by atoms with E-state index in [1.165, 1.54) is 6.07 Å². The van der Waals surface area contributed by atoms with Gasteiger partial charge < -0.3 is 4.74 Å². The summed E-state index contributed by atoms with van der Waals surface area (Å²) in [5, 5.41) is 0.354. The maximum absolute atomic E-state index is 13.7. The Morgan fingerprint density at radius 3 is 2.70 bits per heavy atom. The third-order valence-electron chi connectivity index (χ3n) is 2.88. The molecule has 0 N–H and O–H groups in total. The Morgan fingerprint density at radius 1 is 1.30 bits per heavy atom. The molecular formula is C15H12BrCl2FO. The molecule has 0 atom stereocenters. The molecule has 0 fully saturated rings. The monoisotopic (exact) mass is 376 g/mol. The van der Waals surface area contributed by atoms with Crippen LogP contribution in [0.15, 0.2) is 34.8 Å². The smallest absolute Gasteiger partial charge is 0.131 e. The largest absolute Gasteiger partial charge is 0.488 e. The number of halogens is 4. The second kappa shape index (κ2) is 6.79. The molecule has 106 valence electrons. The van der Waals surface area contributed by atoms with Gasteiger partial charge in [0, 0.05) is 15.6 Å². The third-order valence-corrected chi connectivity index (χ3v) is 3.98. The summed E-state index contributed by atoms with van der Waals surface area (Å²) >= 11 is 15.3.